The van der Waals surface area contributed by atoms with Crippen LogP contribution in [0.25, 0.3) is 22.3 Å². The minimum atomic E-state index is -0.0314. The second-order valence-electron chi connectivity index (χ2n) is 7.84. The van der Waals surface area contributed by atoms with Crippen LogP contribution in [0.1, 0.15) is 42.1 Å². The van der Waals surface area contributed by atoms with Crippen molar-refractivity contribution < 1.29 is 4.79 Å². The fourth-order valence-corrected chi connectivity index (χ4v) is 4.16. The van der Waals surface area contributed by atoms with Gasteiger partial charge in [-0.25, -0.2) is 15.0 Å². The molecule has 1 aliphatic carbocycles. The highest BCUT2D eigenvalue weighted by atomic mass is 16.1. The molecule has 152 valence electrons. The van der Waals surface area contributed by atoms with Gasteiger partial charge in [0.15, 0.2) is 0 Å². The number of aryl methyl sites for hydroxylation is 1. The number of hydrogen-bond acceptors (Lipinski definition) is 5. The summed E-state index contributed by atoms with van der Waals surface area (Å²) in [6.07, 6.45) is 12.8. The zero-order valence-electron chi connectivity index (χ0n) is 16.8. The van der Waals surface area contributed by atoms with Gasteiger partial charge in [0, 0.05) is 36.6 Å². The van der Waals surface area contributed by atoms with Gasteiger partial charge in [0.1, 0.15) is 6.33 Å². The monoisotopic (exact) mass is 401 g/mol. The van der Waals surface area contributed by atoms with Crippen molar-refractivity contribution in [2.75, 3.05) is 0 Å². The van der Waals surface area contributed by atoms with Crippen molar-refractivity contribution >= 4 is 16.9 Å². The number of fused-ring (bicyclic) bond motifs is 1. The topological polar surface area (TPSA) is 90.5 Å². The first kappa shape index (κ1) is 18.5. The SMILES string of the molecule is Cn1cnc2cc(C(=O)NC3CCC(n4cc(-c5ccncn5)cn4)CC3)ccc21. The van der Waals surface area contributed by atoms with Gasteiger partial charge in [-0.2, -0.15) is 5.10 Å². The van der Waals surface area contributed by atoms with Gasteiger partial charge in [-0.1, -0.05) is 0 Å². The summed E-state index contributed by atoms with van der Waals surface area (Å²) in [5.74, 6) is -0.0314. The zero-order chi connectivity index (χ0) is 20.5. The molecule has 4 aromatic rings. The number of imidazole rings is 1. The molecule has 1 N–H and O–H groups in total. The molecule has 0 radical (unpaired) electrons. The summed E-state index contributed by atoms with van der Waals surface area (Å²) in [4.78, 5) is 25.3. The van der Waals surface area contributed by atoms with E-state index in [1.165, 1.54) is 0 Å². The molecule has 8 heteroatoms. The van der Waals surface area contributed by atoms with E-state index in [1.807, 2.05) is 53.0 Å². The predicted molar refractivity (Wildman–Crippen MR) is 113 cm³/mol. The van der Waals surface area contributed by atoms with Gasteiger partial charge in [-0.3, -0.25) is 9.48 Å². The average molecular weight is 401 g/mol. The molecule has 1 fully saturated rings. The fraction of sp³-hybridized carbons (Fsp3) is 0.318. The highest BCUT2D eigenvalue weighted by Gasteiger charge is 2.24. The van der Waals surface area contributed by atoms with Crippen molar-refractivity contribution in [2.24, 2.45) is 7.05 Å². The van der Waals surface area contributed by atoms with E-state index < -0.39 is 0 Å². The van der Waals surface area contributed by atoms with E-state index in [0.29, 0.717) is 11.6 Å². The number of nitrogens with zero attached hydrogens (tertiary/aromatic N) is 6. The summed E-state index contributed by atoms with van der Waals surface area (Å²) < 4.78 is 3.98. The summed E-state index contributed by atoms with van der Waals surface area (Å²) in [5.41, 5.74) is 4.39. The van der Waals surface area contributed by atoms with Crippen molar-refractivity contribution in [3.05, 3.63) is 61.1 Å². The van der Waals surface area contributed by atoms with Crippen molar-refractivity contribution in [1.29, 1.82) is 0 Å². The summed E-state index contributed by atoms with van der Waals surface area (Å²) in [6, 6.07) is 8.08. The zero-order valence-corrected chi connectivity index (χ0v) is 16.8. The Balaban J connectivity index is 1.19. The lowest BCUT2D eigenvalue weighted by atomic mass is 9.91. The molecule has 8 nitrogen and oxygen atoms in total. The van der Waals surface area contributed by atoms with Gasteiger partial charge < -0.3 is 9.88 Å². The molecule has 0 bridgehead atoms. The molecule has 1 saturated carbocycles. The third kappa shape index (κ3) is 3.56. The second-order valence-corrected chi connectivity index (χ2v) is 7.84. The number of carbonyl (C=O) groups excluding carboxylic acids is 1. The van der Waals surface area contributed by atoms with Gasteiger partial charge in [0.25, 0.3) is 5.91 Å². The minimum absolute atomic E-state index is 0.0314. The lowest BCUT2D eigenvalue weighted by Crippen LogP contribution is -2.38. The van der Waals surface area contributed by atoms with Crippen LogP contribution in [0.15, 0.2) is 55.5 Å². The summed E-state index contributed by atoms with van der Waals surface area (Å²) >= 11 is 0. The van der Waals surface area contributed by atoms with E-state index in [0.717, 1.165) is 48.0 Å². The van der Waals surface area contributed by atoms with Crippen LogP contribution in [0.5, 0.6) is 0 Å². The molecule has 3 aromatic heterocycles. The lowest BCUT2D eigenvalue weighted by Gasteiger charge is -2.29. The molecule has 30 heavy (non-hydrogen) atoms. The minimum Gasteiger partial charge on any atom is -0.349 e. The van der Waals surface area contributed by atoms with E-state index in [9.17, 15) is 4.79 Å². The Kier molecular flexibility index (Phi) is 4.74. The van der Waals surface area contributed by atoms with Crippen molar-refractivity contribution in [2.45, 2.75) is 37.8 Å². The van der Waals surface area contributed by atoms with Crippen LogP contribution in [0.2, 0.25) is 0 Å². The lowest BCUT2D eigenvalue weighted by molar-refractivity contribution is 0.0922. The van der Waals surface area contributed by atoms with Gasteiger partial charge in [-0.05, 0) is 49.9 Å². The van der Waals surface area contributed by atoms with Crippen LogP contribution in [0.3, 0.4) is 0 Å². The highest BCUT2D eigenvalue weighted by molar-refractivity contribution is 5.97. The van der Waals surface area contributed by atoms with E-state index in [1.54, 1.807) is 18.9 Å². The molecule has 1 aliphatic rings. The third-order valence-electron chi connectivity index (χ3n) is 5.87. The van der Waals surface area contributed by atoms with Crippen LogP contribution in [0.4, 0.5) is 0 Å². The van der Waals surface area contributed by atoms with E-state index in [-0.39, 0.29) is 11.9 Å². The first-order valence-corrected chi connectivity index (χ1v) is 10.2. The van der Waals surface area contributed by atoms with Crippen LogP contribution >= 0.6 is 0 Å². The Morgan fingerprint density at radius 1 is 1.13 bits per heavy atom. The summed E-state index contributed by atoms with van der Waals surface area (Å²) in [5, 5.41) is 7.73. The quantitative estimate of drug-likeness (QED) is 0.567. The maximum Gasteiger partial charge on any atom is 0.251 e. The maximum atomic E-state index is 12.7. The summed E-state index contributed by atoms with van der Waals surface area (Å²) in [6.45, 7) is 0. The second kappa shape index (κ2) is 7.70. The van der Waals surface area contributed by atoms with Gasteiger partial charge >= 0.3 is 0 Å². The van der Waals surface area contributed by atoms with E-state index in [4.69, 9.17) is 0 Å². The maximum absolute atomic E-state index is 12.7. The molecule has 0 saturated heterocycles. The van der Waals surface area contributed by atoms with Crippen molar-refractivity contribution in [1.82, 2.24) is 34.6 Å². The van der Waals surface area contributed by atoms with Gasteiger partial charge in [0.2, 0.25) is 0 Å². The molecule has 1 amide bonds. The Morgan fingerprint density at radius 2 is 2.00 bits per heavy atom. The molecule has 5 rings (SSSR count). The number of hydrogen-bond donors (Lipinski definition) is 1. The molecular formula is C22H23N7O. The molecule has 3 heterocycles. The smallest absolute Gasteiger partial charge is 0.251 e. The standard InChI is InChI=1S/C22H23N7O/c1-28-14-25-20-10-15(2-7-21(20)28)22(30)27-17-3-5-18(6-4-17)29-12-16(11-26-29)19-8-9-23-13-24-19/h2,7-14,17-18H,3-6H2,1H3,(H,27,30). The molecule has 0 atom stereocenters. The largest absolute Gasteiger partial charge is 0.349 e. The molecular weight excluding hydrogens is 378 g/mol. The first-order chi connectivity index (χ1) is 14.7. The number of nitrogens with one attached hydrogen (secondary N) is 1. The Bertz CT molecular complexity index is 1170. The molecule has 0 spiro atoms. The predicted octanol–water partition coefficient (Wildman–Crippen LogP) is 3.14. The van der Waals surface area contributed by atoms with Crippen LogP contribution in [0, 0.1) is 0 Å². The fourth-order valence-electron chi connectivity index (χ4n) is 4.16. The Labute approximate surface area is 174 Å². The molecule has 1 aromatic carbocycles. The highest BCUT2D eigenvalue weighted by Crippen LogP contribution is 2.29. The normalized spacial score (nSPS) is 19.1. The van der Waals surface area contributed by atoms with Gasteiger partial charge in [-0.15, -0.1) is 0 Å². The van der Waals surface area contributed by atoms with Crippen LogP contribution in [-0.4, -0.2) is 41.2 Å². The van der Waals surface area contributed by atoms with Crippen LogP contribution in [-0.2, 0) is 7.05 Å². The molecule has 0 unspecified atom stereocenters. The Morgan fingerprint density at radius 3 is 2.80 bits per heavy atom. The van der Waals surface area contributed by atoms with Gasteiger partial charge in [0.05, 0.1) is 35.3 Å². The third-order valence-corrected chi connectivity index (χ3v) is 5.87. The summed E-state index contributed by atoms with van der Waals surface area (Å²) in [7, 11) is 1.95. The van der Waals surface area contributed by atoms with Crippen LogP contribution < -0.4 is 5.32 Å². The first-order valence-electron chi connectivity index (χ1n) is 10.2. The molecule has 0 aliphatic heterocycles. The average Bonchev–Trinajstić information content (AvgIpc) is 3.42. The number of amides is 1. The van der Waals surface area contributed by atoms with Crippen molar-refractivity contribution in [3.63, 3.8) is 0 Å². The number of rotatable bonds is 4. The van der Waals surface area contributed by atoms with E-state index in [2.05, 4.69) is 25.4 Å². The number of carbonyl (C=O) groups is 1. The Hall–Kier alpha value is -3.55. The number of benzene rings is 1. The van der Waals surface area contributed by atoms with E-state index >= 15 is 0 Å². The number of aromatic nitrogens is 6. The van der Waals surface area contributed by atoms with Crippen molar-refractivity contribution in [3.8, 4) is 11.3 Å².